The Morgan fingerprint density at radius 3 is 2.61 bits per heavy atom. The van der Waals surface area contributed by atoms with Gasteiger partial charge in [-0.3, -0.25) is 24.7 Å². The quantitative estimate of drug-likeness (QED) is 0.512. The molecule has 1 fully saturated rings. The molecule has 1 aliphatic heterocycles. The summed E-state index contributed by atoms with van der Waals surface area (Å²) >= 11 is 6.12. The van der Waals surface area contributed by atoms with Crippen LogP contribution in [0, 0.1) is 15.9 Å². The standard InChI is InChI=1S/C21H24ClFN4O4/c1-14(21(28)24-19-12-15(27(29)30)6-7-20(19)31-2)26-10-8-25(9-11-26)13-16-17(22)4-3-5-18(16)23/h3-7,12,14H,8-11,13H2,1-2H3,(H,24,28). The number of methoxy groups -OCH3 is 1. The van der Waals surface area contributed by atoms with Gasteiger partial charge in [-0.15, -0.1) is 0 Å². The number of benzene rings is 2. The lowest BCUT2D eigenvalue weighted by Crippen LogP contribution is -2.52. The molecule has 8 nitrogen and oxygen atoms in total. The van der Waals surface area contributed by atoms with Crippen LogP contribution in [0.1, 0.15) is 12.5 Å². The highest BCUT2D eigenvalue weighted by atomic mass is 35.5. The second-order valence-corrected chi connectivity index (χ2v) is 7.73. The first-order valence-electron chi connectivity index (χ1n) is 9.82. The molecule has 166 valence electrons. The maximum atomic E-state index is 14.0. The number of amides is 1. The van der Waals surface area contributed by atoms with E-state index in [0.717, 1.165) is 0 Å². The van der Waals surface area contributed by atoms with Gasteiger partial charge in [0.1, 0.15) is 11.6 Å². The van der Waals surface area contributed by atoms with Crippen LogP contribution < -0.4 is 10.1 Å². The van der Waals surface area contributed by atoms with Crippen LogP contribution in [0.2, 0.25) is 5.02 Å². The van der Waals surface area contributed by atoms with E-state index in [1.165, 1.54) is 31.4 Å². The van der Waals surface area contributed by atoms with Crippen molar-refractivity contribution in [2.24, 2.45) is 0 Å². The second kappa shape index (κ2) is 10.0. The van der Waals surface area contributed by atoms with Crippen LogP contribution in [0.4, 0.5) is 15.8 Å². The van der Waals surface area contributed by atoms with Crippen LogP contribution in [-0.4, -0.2) is 60.0 Å². The van der Waals surface area contributed by atoms with Crippen molar-refractivity contribution < 1.29 is 18.8 Å². The fraction of sp³-hybridized carbons (Fsp3) is 0.381. The third-order valence-electron chi connectivity index (χ3n) is 5.43. The Morgan fingerprint density at radius 2 is 2.00 bits per heavy atom. The molecule has 1 saturated heterocycles. The number of nitro benzene ring substituents is 1. The number of anilines is 1. The molecule has 1 unspecified atom stereocenters. The Labute approximate surface area is 184 Å². The van der Waals surface area contributed by atoms with Gasteiger partial charge in [0, 0.05) is 55.4 Å². The van der Waals surface area contributed by atoms with Crippen molar-refractivity contribution in [2.45, 2.75) is 19.5 Å². The fourth-order valence-electron chi connectivity index (χ4n) is 3.53. The van der Waals surface area contributed by atoms with Crippen molar-refractivity contribution in [3.05, 3.63) is 62.9 Å². The molecule has 10 heteroatoms. The van der Waals surface area contributed by atoms with Gasteiger partial charge in [-0.1, -0.05) is 17.7 Å². The number of carbonyl (C=O) groups is 1. The molecule has 2 aromatic rings. The molecule has 2 aromatic carbocycles. The summed E-state index contributed by atoms with van der Waals surface area (Å²) in [5, 5.41) is 14.2. The minimum Gasteiger partial charge on any atom is -0.495 e. The van der Waals surface area contributed by atoms with E-state index in [1.807, 2.05) is 4.90 Å². The van der Waals surface area contributed by atoms with E-state index in [2.05, 4.69) is 10.2 Å². The molecular weight excluding hydrogens is 427 g/mol. The number of carbonyl (C=O) groups excluding carboxylic acids is 1. The van der Waals surface area contributed by atoms with E-state index in [9.17, 15) is 19.3 Å². The summed E-state index contributed by atoms with van der Waals surface area (Å²) < 4.78 is 19.2. The van der Waals surface area contributed by atoms with Gasteiger partial charge >= 0.3 is 0 Å². The smallest absolute Gasteiger partial charge is 0.271 e. The van der Waals surface area contributed by atoms with Crippen LogP contribution >= 0.6 is 11.6 Å². The van der Waals surface area contributed by atoms with Crippen LogP contribution in [-0.2, 0) is 11.3 Å². The Balaban J connectivity index is 1.59. The topological polar surface area (TPSA) is 87.9 Å². The number of rotatable bonds is 7. The molecule has 0 aliphatic carbocycles. The van der Waals surface area contributed by atoms with Gasteiger partial charge in [0.15, 0.2) is 0 Å². The van der Waals surface area contributed by atoms with Crippen molar-refractivity contribution in [1.82, 2.24) is 9.80 Å². The molecule has 0 saturated carbocycles. The molecule has 3 rings (SSSR count). The van der Waals surface area contributed by atoms with E-state index in [-0.39, 0.29) is 23.1 Å². The number of non-ortho nitro benzene ring substituents is 1. The maximum Gasteiger partial charge on any atom is 0.271 e. The zero-order valence-electron chi connectivity index (χ0n) is 17.3. The van der Waals surface area contributed by atoms with Gasteiger partial charge in [0.25, 0.3) is 5.69 Å². The lowest BCUT2D eigenvalue weighted by Gasteiger charge is -2.37. The third-order valence-corrected chi connectivity index (χ3v) is 5.78. The van der Waals surface area contributed by atoms with Crippen molar-refractivity contribution in [3.8, 4) is 5.75 Å². The zero-order chi connectivity index (χ0) is 22.5. The molecule has 1 atom stereocenters. The number of nitrogens with one attached hydrogen (secondary N) is 1. The summed E-state index contributed by atoms with van der Waals surface area (Å²) in [4.78, 5) is 27.4. The summed E-state index contributed by atoms with van der Waals surface area (Å²) in [6.07, 6.45) is 0. The van der Waals surface area contributed by atoms with E-state index in [4.69, 9.17) is 16.3 Å². The molecule has 1 heterocycles. The average molecular weight is 451 g/mol. The predicted octanol–water partition coefficient (Wildman–Crippen LogP) is 3.54. The first-order chi connectivity index (χ1) is 14.8. The van der Waals surface area contributed by atoms with Crippen LogP contribution in [0.25, 0.3) is 0 Å². The Kier molecular flexibility index (Phi) is 7.42. The molecule has 1 aliphatic rings. The minimum absolute atomic E-state index is 0.135. The van der Waals surface area contributed by atoms with Crippen molar-refractivity contribution in [3.63, 3.8) is 0 Å². The Hall–Kier alpha value is -2.75. The van der Waals surface area contributed by atoms with Gasteiger partial charge in [-0.05, 0) is 25.1 Å². The summed E-state index contributed by atoms with van der Waals surface area (Å²) in [7, 11) is 1.43. The molecule has 0 bridgehead atoms. The number of hydrogen-bond acceptors (Lipinski definition) is 6. The van der Waals surface area contributed by atoms with Gasteiger partial charge in [0.2, 0.25) is 5.91 Å². The van der Waals surface area contributed by atoms with Crippen molar-refractivity contribution >= 4 is 28.9 Å². The molecular formula is C21H24ClFN4O4. The predicted molar refractivity (Wildman–Crippen MR) is 116 cm³/mol. The van der Waals surface area contributed by atoms with Crippen LogP contribution in [0.3, 0.4) is 0 Å². The molecule has 0 aromatic heterocycles. The number of nitrogens with zero attached hydrogens (tertiary/aromatic N) is 3. The van der Waals surface area contributed by atoms with Crippen LogP contribution in [0.15, 0.2) is 36.4 Å². The highest BCUT2D eigenvalue weighted by molar-refractivity contribution is 6.31. The summed E-state index contributed by atoms with van der Waals surface area (Å²) in [6.45, 7) is 4.73. The van der Waals surface area contributed by atoms with E-state index in [0.29, 0.717) is 49.1 Å². The number of nitro groups is 1. The number of hydrogen-bond donors (Lipinski definition) is 1. The van der Waals surface area contributed by atoms with Gasteiger partial charge in [-0.2, -0.15) is 0 Å². The van der Waals surface area contributed by atoms with Gasteiger partial charge < -0.3 is 10.1 Å². The molecule has 1 amide bonds. The third kappa shape index (κ3) is 5.49. The number of piperazine rings is 1. The first-order valence-corrected chi connectivity index (χ1v) is 10.2. The van der Waals surface area contributed by atoms with Crippen molar-refractivity contribution in [2.75, 3.05) is 38.6 Å². The van der Waals surface area contributed by atoms with Crippen LogP contribution in [0.5, 0.6) is 5.75 Å². The molecule has 0 spiro atoms. The number of halogens is 2. The first kappa shape index (κ1) is 22.9. The number of ether oxygens (including phenoxy) is 1. The fourth-order valence-corrected chi connectivity index (χ4v) is 3.75. The lowest BCUT2D eigenvalue weighted by molar-refractivity contribution is -0.384. The summed E-state index contributed by atoms with van der Waals surface area (Å²) in [5.74, 6) is -0.268. The molecule has 0 radical (unpaired) electrons. The highest BCUT2D eigenvalue weighted by Crippen LogP contribution is 2.29. The maximum absolute atomic E-state index is 14.0. The summed E-state index contributed by atoms with van der Waals surface area (Å²) in [5.41, 5.74) is 0.590. The highest BCUT2D eigenvalue weighted by Gasteiger charge is 2.27. The normalized spacial score (nSPS) is 16.0. The minimum atomic E-state index is -0.528. The molecule has 31 heavy (non-hydrogen) atoms. The summed E-state index contributed by atoms with van der Waals surface area (Å²) in [6, 6.07) is 8.24. The Bertz CT molecular complexity index is 946. The van der Waals surface area contributed by atoms with E-state index < -0.39 is 11.0 Å². The lowest BCUT2D eigenvalue weighted by atomic mass is 10.1. The van der Waals surface area contributed by atoms with Gasteiger partial charge in [0.05, 0.1) is 23.8 Å². The Morgan fingerprint density at radius 1 is 1.29 bits per heavy atom. The average Bonchev–Trinajstić information content (AvgIpc) is 2.76. The van der Waals surface area contributed by atoms with Crippen molar-refractivity contribution in [1.29, 1.82) is 0 Å². The molecule has 1 N–H and O–H groups in total. The second-order valence-electron chi connectivity index (χ2n) is 7.32. The van der Waals surface area contributed by atoms with Gasteiger partial charge in [-0.25, -0.2) is 4.39 Å². The van der Waals surface area contributed by atoms with E-state index >= 15 is 0 Å². The zero-order valence-corrected chi connectivity index (χ0v) is 18.1. The largest absolute Gasteiger partial charge is 0.495 e. The monoisotopic (exact) mass is 450 g/mol. The SMILES string of the molecule is COc1ccc([N+](=O)[O-])cc1NC(=O)C(C)N1CCN(Cc2c(F)cccc2Cl)CC1. The van der Waals surface area contributed by atoms with E-state index in [1.54, 1.807) is 19.1 Å².